The number of sulfonamides is 1. The Balaban J connectivity index is 1.72. The van der Waals surface area contributed by atoms with Gasteiger partial charge in [0.05, 0.1) is 10.9 Å². The van der Waals surface area contributed by atoms with Crippen LogP contribution in [0.25, 0.3) is 0 Å². The van der Waals surface area contributed by atoms with Gasteiger partial charge < -0.3 is 10.1 Å². The second-order valence-electron chi connectivity index (χ2n) is 6.79. The second kappa shape index (κ2) is 10.2. The summed E-state index contributed by atoms with van der Waals surface area (Å²) in [4.78, 5) is 12.4. The lowest BCUT2D eigenvalue weighted by atomic mass is 10.2. The van der Waals surface area contributed by atoms with Gasteiger partial charge in [0.15, 0.2) is 0 Å². The summed E-state index contributed by atoms with van der Waals surface area (Å²) in [6.07, 6.45) is 0.698. The van der Waals surface area contributed by atoms with Gasteiger partial charge >= 0.3 is 0 Å². The third kappa shape index (κ3) is 6.35. The SMILES string of the molecule is Cc1ccccc1OC[C@@H](C)NC(=O)CCCN(C)S(=O)(=O)c1ccccc1. The van der Waals surface area contributed by atoms with Gasteiger partial charge in [0.1, 0.15) is 12.4 Å². The summed E-state index contributed by atoms with van der Waals surface area (Å²) < 4.78 is 31.9. The molecule has 0 bridgehead atoms. The molecule has 2 aromatic rings. The number of nitrogens with zero attached hydrogens (tertiary/aromatic N) is 1. The number of carbonyl (C=O) groups excluding carboxylic acids is 1. The van der Waals surface area contributed by atoms with Crippen molar-refractivity contribution in [3.05, 3.63) is 60.2 Å². The lowest BCUT2D eigenvalue weighted by Gasteiger charge is -2.18. The van der Waals surface area contributed by atoms with Crippen LogP contribution in [-0.4, -0.2) is 44.9 Å². The smallest absolute Gasteiger partial charge is 0.242 e. The van der Waals surface area contributed by atoms with Crippen LogP contribution < -0.4 is 10.1 Å². The van der Waals surface area contributed by atoms with E-state index in [2.05, 4.69) is 5.32 Å². The highest BCUT2D eigenvalue weighted by Gasteiger charge is 2.20. The lowest BCUT2D eigenvalue weighted by Crippen LogP contribution is -2.37. The number of carbonyl (C=O) groups is 1. The Labute approximate surface area is 167 Å². The standard InChI is InChI=1S/C21H28N2O4S/c1-17-10-7-8-13-20(17)27-16-18(2)22-21(24)14-9-15-23(3)28(25,26)19-11-5-4-6-12-19/h4-8,10-13,18H,9,14-16H2,1-3H3,(H,22,24)/t18-/m1/s1. The number of hydrogen-bond acceptors (Lipinski definition) is 4. The van der Waals surface area contributed by atoms with Crippen LogP contribution in [-0.2, 0) is 14.8 Å². The van der Waals surface area contributed by atoms with Crippen molar-refractivity contribution in [3.63, 3.8) is 0 Å². The number of ether oxygens (including phenoxy) is 1. The number of aryl methyl sites for hydroxylation is 1. The third-order valence-electron chi connectivity index (χ3n) is 4.32. The molecule has 1 amide bonds. The maximum absolute atomic E-state index is 12.4. The molecule has 0 unspecified atom stereocenters. The van der Waals surface area contributed by atoms with Crippen LogP contribution in [0.2, 0.25) is 0 Å². The Morgan fingerprint density at radius 2 is 1.75 bits per heavy atom. The van der Waals surface area contributed by atoms with Crippen molar-refractivity contribution in [2.24, 2.45) is 0 Å². The van der Waals surface area contributed by atoms with E-state index in [0.29, 0.717) is 13.0 Å². The molecule has 0 saturated heterocycles. The molecule has 0 saturated carbocycles. The normalized spacial score (nSPS) is 12.6. The van der Waals surface area contributed by atoms with E-state index >= 15 is 0 Å². The van der Waals surface area contributed by atoms with Crippen molar-refractivity contribution in [1.82, 2.24) is 9.62 Å². The number of benzene rings is 2. The zero-order chi connectivity index (χ0) is 20.6. The number of amides is 1. The van der Waals surface area contributed by atoms with Crippen LogP contribution in [0.15, 0.2) is 59.5 Å². The summed E-state index contributed by atoms with van der Waals surface area (Å²) in [5, 5.41) is 2.88. The van der Waals surface area contributed by atoms with Crippen molar-refractivity contribution < 1.29 is 17.9 Å². The Morgan fingerprint density at radius 3 is 2.43 bits per heavy atom. The monoisotopic (exact) mass is 404 g/mol. The predicted molar refractivity (Wildman–Crippen MR) is 110 cm³/mol. The molecule has 2 rings (SSSR count). The van der Waals surface area contributed by atoms with Gasteiger partial charge in [-0.25, -0.2) is 12.7 Å². The van der Waals surface area contributed by atoms with Crippen LogP contribution in [0.3, 0.4) is 0 Å². The zero-order valence-corrected chi connectivity index (χ0v) is 17.4. The molecule has 1 atom stereocenters. The third-order valence-corrected chi connectivity index (χ3v) is 6.19. The minimum Gasteiger partial charge on any atom is -0.491 e. The van der Waals surface area contributed by atoms with E-state index in [4.69, 9.17) is 4.74 Å². The lowest BCUT2D eigenvalue weighted by molar-refractivity contribution is -0.122. The van der Waals surface area contributed by atoms with E-state index in [1.54, 1.807) is 30.3 Å². The van der Waals surface area contributed by atoms with E-state index in [9.17, 15) is 13.2 Å². The molecular weight excluding hydrogens is 376 g/mol. The van der Waals surface area contributed by atoms with Gasteiger partial charge in [0.2, 0.25) is 15.9 Å². The molecule has 0 aliphatic heterocycles. The molecule has 0 aliphatic rings. The van der Waals surface area contributed by atoms with Gasteiger partial charge in [-0.15, -0.1) is 0 Å². The Hall–Kier alpha value is -2.38. The Kier molecular flexibility index (Phi) is 8.02. The van der Waals surface area contributed by atoms with E-state index < -0.39 is 10.0 Å². The summed E-state index contributed by atoms with van der Waals surface area (Å²) >= 11 is 0. The Morgan fingerprint density at radius 1 is 1.11 bits per heavy atom. The molecule has 0 fully saturated rings. The van der Waals surface area contributed by atoms with Crippen LogP contribution in [0.5, 0.6) is 5.75 Å². The van der Waals surface area contributed by atoms with Gasteiger partial charge in [-0.3, -0.25) is 4.79 Å². The molecule has 0 aliphatic carbocycles. The molecule has 0 radical (unpaired) electrons. The number of nitrogens with one attached hydrogen (secondary N) is 1. The highest BCUT2D eigenvalue weighted by atomic mass is 32.2. The fraction of sp³-hybridized carbons (Fsp3) is 0.381. The van der Waals surface area contributed by atoms with E-state index in [1.807, 2.05) is 38.1 Å². The van der Waals surface area contributed by atoms with E-state index in [0.717, 1.165) is 11.3 Å². The fourth-order valence-electron chi connectivity index (χ4n) is 2.68. The average molecular weight is 405 g/mol. The highest BCUT2D eigenvalue weighted by Crippen LogP contribution is 2.16. The summed E-state index contributed by atoms with van der Waals surface area (Å²) in [5.41, 5.74) is 1.05. The first-order valence-electron chi connectivity index (χ1n) is 9.30. The fourth-order valence-corrected chi connectivity index (χ4v) is 3.91. The minimum absolute atomic E-state index is 0.119. The van der Waals surface area contributed by atoms with Gasteiger partial charge in [-0.05, 0) is 44.0 Å². The maximum atomic E-state index is 12.4. The predicted octanol–water partition coefficient (Wildman–Crippen LogP) is 2.98. The van der Waals surface area contributed by atoms with Crippen molar-refractivity contribution in [3.8, 4) is 5.75 Å². The van der Waals surface area contributed by atoms with Gasteiger partial charge in [-0.2, -0.15) is 0 Å². The van der Waals surface area contributed by atoms with Gasteiger partial charge in [-0.1, -0.05) is 36.4 Å². The van der Waals surface area contributed by atoms with Gasteiger partial charge in [0, 0.05) is 20.0 Å². The Bertz CT molecular complexity index is 869. The number of hydrogen-bond donors (Lipinski definition) is 1. The van der Waals surface area contributed by atoms with Crippen LogP contribution in [0, 0.1) is 6.92 Å². The molecule has 28 heavy (non-hydrogen) atoms. The molecule has 2 aromatic carbocycles. The summed E-state index contributed by atoms with van der Waals surface area (Å²) in [6, 6.07) is 15.9. The first-order chi connectivity index (χ1) is 13.3. The first-order valence-corrected chi connectivity index (χ1v) is 10.7. The topological polar surface area (TPSA) is 75.7 Å². The second-order valence-corrected chi connectivity index (χ2v) is 8.83. The van der Waals surface area contributed by atoms with E-state index in [-0.39, 0.29) is 29.8 Å². The largest absolute Gasteiger partial charge is 0.491 e. The minimum atomic E-state index is -3.52. The molecular formula is C21H28N2O4S. The van der Waals surface area contributed by atoms with Crippen molar-refractivity contribution in [2.75, 3.05) is 20.2 Å². The highest BCUT2D eigenvalue weighted by molar-refractivity contribution is 7.89. The number of para-hydroxylation sites is 1. The molecule has 7 heteroatoms. The van der Waals surface area contributed by atoms with Crippen molar-refractivity contribution in [2.45, 2.75) is 37.6 Å². The average Bonchev–Trinajstić information content (AvgIpc) is 2.68. The number of rotatable bonds is 10. The maximum Gasteiger partial charge on any atom is 0.242 e. The molecule has 1 N–H and O–H groups in total. The summed E-state index contributed by atoms with van der Waals surface area (Å²) in [7, 11) is -2.00. The summed E-state index contributed by atoms with van der Waals surface area (Å²) in [6.45, 7) is 4.50. The van der Waals surface area contributed by atoms with E-state index in [1.165, 1.54) is 11.4 Å². The van der Waals surface area contributed by atoms with Crippen LogP contribution in [0.4, 0.5) is 0 Å². The first kappa shape index (κ1) is 21.9. The van der Waals surface area contributed by atoms with Crippen LogP contribution in [0.1, 0.15) is 25.3 Å². The molecule has 0 aromatic heterocycles. The van der Waals surface area contributed by atoms with Crippen LogP contribution >= 0.6 is 0 Å². The molecule has 0 heterocycles. The molecule has 6 nitrogen and oxygen atoms in total. The van der Waals surface area contributed by atoms with Crippen molar-refractivity contribution >= 4 is 15.9 Å². The van der Waals surface area contributed by atoms with Crippen molar-refractivity contribution in [1.29, 1.82) is 0 Å². The summed E-state index contributed by atoms with van der Waals surface area (Å²) in [5.74, 6) is 0.683. The quantitative estimate of drug-likeness (QED) is 0.661. The molecule has 0 spiro atoms. The molecule has 152 valence electrons. The van der Waals surface area contributed by atoms with Gasteiger partial charge in [0.25, 0.3) is 0 Å². The zero-order valence-electron chi connectivity index (χ0n) is 16.6.